The van der Waals surface area contributed by atoms with Crippen molar-refractivity contribution < 1.29 is 17.9 Å². The number of hydrogen-bond donors (Lipinski definition) is 2. The van der Waals surface area contributed by atoms with Crippen LogP contribution in [0.5, 0.6) is 5.75 Å². The first-order valence-corrected chi connectivity index (χ1v) is 8.65. The van der Waals surface area contributed by atoms with E-state index in [0.29, 0.717) is 23.1 Å². The van der Waals surface area contributed by atoms with Crippen molar-refractivity contribution in [1.82, 2.24) is 19.7 Å². The van der Waals surface area contributed by atoms with Crippen molar-refractivity contribution in [3.8, 4) is 17.1 Å². The number of imidazole rings is 1. The molecule has 6 nitrogen and oxygen atoms in total. The van der Waals surface area contributed by atoms with E-state index in [1.165, 1.54) is 18.3 Å². The molecule has 3 aromatic heterocycles. The number of aromatic nitrogens is 3. The van der Waals surface area contributed by atoms with Crippen LogP contribution in [0.1, 0.15) is 12.8 Å². The van der Waals surface area contributed by atoms with Crippen LogP contribution >= 0.6 is 0 Å². The molecule has 0 aliphatic carbocycles. The lowest BCUT2D eigenvalue weighted by Crippen LogP contribution is -2.38. The predicted molar refractivity (Wildman–Crippen MR) is 94.6 cm³/mol. The summed E-state index contributed by atoms with van der Waals surface area (Å²) in [5.41, 5.74) is 1.72. The third kappa shape index (κ3) is 4.13. The second-order valence-corrected chi connectivity index (χ2v) is 6.38. The Bertz CT molecular complexity index is 934. The molecular weight excluding hydrogens is 359 g/mol. The van der Waals surface area contributed by atoms with Gasteiger partial charge < -0.3 is 15.4 Å². The van der Waals surface area contributed by atoms with Crippen molar-refractivity contribution >= 4 is 11.5 Å². The van der Waals surface area contributed by atoms with E-state index in [2.05, 4.69) is 25.3 Å². The van der Waals surface area contributed by atoms with Crippen LogP contribution in [0.2, 0.25) is 0 Å². The van der Waals surface area contributed by atoms with E-state index in [1.807, 2.05) is 18.2 Å². The van der Waals surface area contributed by atoms with Gasteiger partial charge in [-0.2, -0.15) is 0 Å². The highest BCUT2D eigenvalue weighted by atomic mass is 19.4. The van der Waals surface area contributed by atoms with E-state index in [-0.39, 0.29) is 5.75 Å². The zero-order valence-electron chi connectivity index (χ0n) is 14.3. The Morgan fingerprint density at radius 3 is 2.93 bits per heavy atom. The van der Waals surface area contributed by atoms with Gasteiger partial charge in [0.1, 0.15) is 17.2 Å². The lowest BCUT2D eigenvalue weighted by atomic mass is 10.1. The highest BCUT2D eigenvalue weighted by Crippen LogP contribution is 2.26. The number of ether oxygens (including phenoxy) is 1. The summed E-state index contributed by atoms with van der Waals surface area (Å²) in [4.78, 5) is 8.81. The monoisotopic (exact) mass is 377 g/mol. The van der Waals surface area contributed by atoms with Crippen LogP contribution in [0.25, 0.3) is 17.0 Å². The van der Waals surface area contributed by atoms with Crippen molar-refractivity contribution in [2.75, 3.05) is 18.4 Å². The van der Waals surface area contributed by atoms with Crippen LogP contribution in [0.4, 0.5) is 19.0 Å². The quantitative estimate of drug-likeness (QED) is 0.729. The summed E-state index contributed by atoms with van der Waals surface area (Å²) in [7, 11) is 0. The van der Waals surface area contributed by atoms with Gasteiger partial charge in [-0.3, -0.25) is 4.40 Å². The smallest absolute Gasteiger partial charge is 0.406 e. The molecule has 142 valence electrons. The number of hydrogen-bond acceptors (Lipinski definition) is 5. The molecule has 1 aliphatic rings. The summed E-state index contributed by atoms with van der Waals surface area (Å²) in [5.74, 6) is 0.452. The number of rotatable bonds is 4. The van der Waals surface area contributed by atoms with Crippen molar-refractivity contribution in [2.45, 2.75) is 25.2 Å². The molecular formula is C18H18F3N5O. The van der Waals surface area contributed by atoms with Gasteiger partial charge in [-0.05, 0) is 37.6 Å². The van der Waals surface area contributed by atoms with E-state index in [0.717, 1.165) is 31.7 Å². The van der Waals surface area contributed by atoms with E-state index in [4.69, 9.17) is 0 Å². The van der Waals surface area contributed by atoms with Crippen molar-refractivity contribution in [3.63, 3.8) is 0 Å². The predicted octanol–water partition coefficient (Wildman–Crippen LogP) is 3.46. The molecule has 0 amide bonds. The third-order valence-corrected chi connectivity index (χ3v) is 4.38. The van der Waals surface area contributed by atoms with Crippen molar-refractivity contribution in [3.05, 3.63) is 42.7 Å². The summed E-state index contributed by atoms with van der Waals surface area (Å²) < 4.78 is 42.8. The minimum Gasteiger partial charge on any atom is -0.406 e. The molecule has 1 unspecified atom stereocenters. The highest BCUT2D eigenvalue weighted by molar-refractivity contribution is 5.62. The molecule has 4 heterocycles. The Balaban J connectivity index is 1.59. The Hall–Kier alpha value is -2.81. The molecule has 0 radical (unpaired) electrons. The topological polar surface area (TPSA) is 63.5 Å². The van der Waals surface area contributed by atoms with E-state index >= 15 is 0 Å². The molecule has 0 saturated carbocycles. The van der Waals surface area contributed by atoms with E-state index in [1.54, 1.807) is 10.6 Å². The fraction of sp³-hybridized carbons (Fsp3) is 0.333. The lowest BCUT2D eigenvalue weighted by Gasteiger charge is -2.24. The molecule has 0 bridgehead atoms. The largest absolute Gasteiger partial charge is 0.573 e. The van der Waals surface area contributed by atoms with E-state index < -0.39 is 6.36 Å². The SMILES string of the molecule is FC(F)(F)Oc1ccn2c(-c3cccc(NC4CCCNC4)n3)cnc2c1. The number of halogens is 3. The van der Waals surface area contributed by atoms with Gasteiger partial charge in [-0.15, -0.1) is 13.2 Å². The second kappa shape index (κ2) is 7.07. The standard InChI is InChI=1S/C18H18F3N5O/c19-18(20,21)27-13-6-8-26-15(11-23-17(26)9-13)14-4-1-5-16(25-14)24-12-3-2-7-22-10-12/h1,4-6,8-9,11-12,22H,2-3,7,10H2,(H,24,25). The maximum atomic E-state index is 12.4. The summed E-state index contributed by atoms with van der Waals surface area (Å²) in [6.45, 7) is 1.93. The Labute approximate surface area is 153 Å². The maximum Gasteiger partial charge on any atom is 0.573 e. The molecule has 1 fully saturated rings. The summed E-state index contributed by atoms with van der Waals surface area (Å²) in [6, 6.07) is 8.45. The Morgan fingerprint density at radius 2 is 2.15 bits per heavy atom. The average Bonchev–Trinajstić information content (AvgIpc) is 3.04. The number of nitrogens with zero attached hydrogens (tertiary/aromatic N) is 3. The number of fused-ring (bicyclic) bond motifs is 1. The molecule has 0 spiro atoms. The van der Waals surface area contributed by atoms with Gasteiger partial charge in [-0.25, -0.2) is 9.97 Å². The molecule has 1 saturated heterocycles. The van der Waals surface area contributed by atoms with Crippen molar-refractivity contribution in [2.24, 2.45) is 0 Å². The Kier molecular flexibility index (Phi) is 4.61. The normalized spacial score (nSPS) is 17.8. The number of piperidine rings is 1. The van der Waals surface area contributed by atoms with Gasteiger partial charge in [0.2, 0.25) is 0 Å². The Morgan fingerprint density at radius 1 is 1.26 bits per heavy atom. The van der Waals surface area contributed by atoms with Crippen LogP contribution in [0, 0.1) is 0 Å². The van der Waals surface area contributed by atoms with Crippen LogP contribution < -0.4 is 15.4 Å². The zero-order valence-corrected chi connectivity index (χ0v) is 14.3. The highest BCUT2D eigenvalue weighted by Gasteiger charge is 2.31. The molecule has 1 aliphatic heterocycles. The minimum atomic E-state index is -4.73. The van der Waals surface area contributed by atoms with Crippen molar-refractivity contribution in [1.29, 1.82) is 0 Å². The number of nitrogens with one attached hydrogen (secondary N) is 2. The molecule has 4 rings (SSSR count). The van der Waals surface area contributed by atoms with Crippen LogP contribution in [0.3, 0.4) is 0 Å². The average molecular weight is 377 g/mol. The summed E-state index contributed by atoms with van der Waals surface area (Å²) in [6.07, 6.45) is 0.541. The molecule has 1 atom stereocenters. The molecule has 27 heavy (non-hydrogen) atoms. The van der Waals surface area contributed by atoms with Gasteiger partial charge in [0.25, 0.3) is 0 Å². The van der Waals surface area contributed by atoms with Crippen LogP contribution in [-0.2, 0) is 0 Å². The van der Waals surface area contributed by atoms with Crippen LogP contribution in [0.15, 0.2) is 42.7 Å². The summed E-state index contributed by atoms with van der Waals surface area (Å²) >= 11 is 0. The van der Waals surface area contributed by atoms with E-state index in [9.17, 15) is 13.2 Å². The molecule has 3 aromatic rings. The van der Waals surface area contributed by atoms with Gasteiger partial charge in [0.15, 0.2) is 0 Å². The van der Waals surface area contributed by atoms with Gasteiger partial charge in [0, 0.05) is 24.8 Å². The lowest BCUT2D eigenvalue weighted by molar-refractivity contribution is -0.274. The van der Waals surface area contributed by atoms with Gasteiger partial charge in [0.05, 0.1) is 17.6 Å². The number of pyridine rings is 2. The minimum absolute atomic E-state index is 0.305. The summed E-state index contributed by atoms with van der Waals surface area (Å²) in [5, 5.41) is 6.76. The molecule has 2 N–H and O–H groups in total. The third-order valence-electron chi connectivity index (χ3n) is 4.38. The number of anilines is 1. The molecule has 0 aromatic carbocycles. The zero-order chi connectivity index (χ0) is 18.9. The van der Waals surface area contributed by atoms with Gasteiger partial charge in [-0.1, -0.05) is 6.07 Å². The fourth-order valence-electron chi connectivity index (χ4n) is 3.19. The van der Waals surface area contributed by atoms with Crippen LogP contribution in [-0.4, -0.2) is 39.9 Å². The van der Waals surface area contributed by atoms with Gasteiger partial charge >= 0.3 is 6.36 Å². The first-order chi connectivity index (χ1) is 13.0. The fourth-order valence-corrected chi connectivity index (χ4v) is 3.19. The molecule has 9 heteroatoms. The second-order valence-electron chi connectivity index (χ2n) is 6.38. The number of alkyl halides is 3. The maximum absolute atomic E-state index is 12.4. The first kappa shape index (κ1) is 17.6. The first-order valence-electron chi connectivity index (χ1n) is 8.65.